The van der Waals surface area contributed by atoms with Crippen molar-refractivity contribution in [2.75, 3.05) is 19.1 Å². The van der Waals surface area contributed by atoms with E-state index in [1.807, 2.05) is 0 Å². The largest absolute Gasteiger partial charge is 0.381 e. The monoisotopic (exact) mass is 218 g/mol. The van der Waals surface area contributed by atoms with Gasteiger partial charge in [0, 0.05) is 25.0 Å². The molecule has 0 radical (unpaired) electrons. The second-order valence-electron chi connectivity index (χ2n) is 4.08. The minimum Gasteiger partial charge on any atom is -0.381 e. The van der Waals surface area contributed by atoms with Crippen molar-refractivity contribution < 1.29 is 9.53 Å². The number of hydrogen-bond acceptors (Lipinski definition) is 2. The van der Waals surface area contributed by atoms with Crippen LogP contribution in [0.4, 0.5) is 0 Å². The van der Waals surface area contributed by atoms with Crippen molar-refractivity contribution in [1.29, 1.82) is 0 Å². The van der Waals surface area contributed by atoms with Crippen molar-refractivity contribution >= 4 is 17.4 Å². The molecule has 14 heavy (non-hydrogen) atoms. The molecule has 1 saturated heterocycles. The first-order valence-corrected chi connectivity index (χ1v) is 5.91. The van der Waals surface area contributed by atoms with E-state index in [9.17, 15) is 4.79 Å². The second-order valence-corrected chi connectivity index (χ2v) is 4.45. The fourth-order valence-corrected chi connectivity index (χ4v) is 2.27. The summed E-state index contributed by atoms with van der Waals surface area (Å²) in [5, 5.41) is 0. The molecule has 1 aliphatic rings. The van der Waals surface area contributed by atoms with Crippen molar-refractivity contribution in [3.05, 3.63) is 0 Å². The lowest BCUT2D eigenvalue weighted by atomic mass is 9.86. The third-order valence-electron chi connectivity index (χ3n) is 2.99. The highest BCUT2D eigenvalue weighted by atomic mass is 35.5. The van der Waals surface area contributed by atoms with Crippen LogP contribution in [0.2, 0.25) is 0 Å². The van der Waals surface area contributed by atoms with Crippen molar-refractivity contribution in [1.82, 2.24) is 0 Å². The summed E-state index contributed by atoms with van der Waals surface area (Å²) in [6.45, 7) is 3.39. The molecule has 1 aliphatic heterocycles. The van der Waals surface area contributed by atoms with Crippen molar-refractivity contribution in [3.63, 3.8) is 0 Å². The van der Waals surface area contributed by atoms with Crippen molar-refractivity contribution in [3.8, 4) is 0 Å². The maximum atomic E-state index is 11.3. The zero-order valence-electron chi connectivity index (χ0n) is 8.80. The number of ether oxygens (including phenoxy) is 1. The maximum absolute atomic E-state index is 11.3. The maximum Gasteiger partial charge on any atom is 0.132 e. The van der Waals surface area contributed by atoms with Crippen LogP contribution in [-0.2, 0) is 9.53 Å². The molecule has 2 nitrogen and oxygen atoms in total. The summed E-state index contributed by atoms with van der Waals surface area (Å²) in [7, 11) is 0. The highest BCUT2D eigenvalue weighted by Crippen LogP contribution is 2.25. The third-order valence-corrected chi connectivity index (χ3v) is 3.21. The predicted octanol–water partition coefficient (Wildman–Crippen LogP) is 2.64. The van der Waals surface area contributed by atoms with Gasteiger partial charge in [0.25, 0.3) is 0 Å². The van der Waals surface area contributed by atoms with Crippen LogP contribution in [0.25, 0.3) is 0 Å². The van der Waals surface area contributed by atoms with Crippen LogP contribution in [-0.4, -0.2) is 24.9 Å². The fourth-order valence-electron chi connectivity index (χ4n) is 2.00. The van der Waals surface area contributed by atoms with Gasteiger partial charge in [0.05, 0.1) is 0 Å². The number of ketones is 1. The molecule has 0 aromatic heterocycles. The van der Waals surface area contributed by atoms with Crippen LogP contribution in [0.3, 0.4) is 0 Å². The Labute approximate surface area is 91.0 Å². The quantitative estimate of drug-likeness (QED) is 0.664. The van der Waals surface area contributed by atoms with Crippen LogP contribution in [0.1, 0.15) is 32.6 Å². The summed E-state index contributed by atoms with van der Waals surface area (Å²) >= 11 is 5.68. The Balaban J connectivity index is 2.33. The van der Waals surface area contributed by atoms with Crippen LogP contribution in [0.15, 0.2) is 0 Å². The lowest BCUT2D eigenvalue weighted by Crippen LogP contribution is -2.22. The first-order valence-electron chi connectivity index (χ1n) is 5.38. The molecule has 0 spiro atoms. The number of rotatable bonds is 5. The van der Waals surface area contributed by atoms with Gasteiger partial charge in [-0.1, -0.05) is 0 Å². The number of carbonyl (C=O) groups excluding carboxylic acids is 1. The van der Waals surface area contributed by atoms with Crippen molar-refractivity contribution in [2.24, 2.45) is 11.8 Å². The molecule has 1 heterocycles. The normalized spacial score (nSPS) is 20.7. The van der Waals surface area contributed by atoms with Crippen LogP contribution in [0, 0.1) is 11.8 Å². The number of alkyl halides is 1. The molecule has 0 saturated carbocycles. The fraction of sp³-hybridized carbons (Fsp3) is 0.909. The zero-order valence-corrected chi connectivity index (χ0v) is 9.55. The molecule has 1 unspecified atom stereocenters. The summed E-state index contributed by atoms with van der Waals surface area (Å²) in [4.78, 5) is 11.3. The molecule has 0 aliphatic carbocycles. The molecule has 1 atom stereocenters. The number of halogens is 1. The first-order chi connectivity index (χ1) is 6.74. The molecule has 0 aromatic rings. The van der Waals surface area contributed by atoms with E-state index >= 15 is 0 Å². The second kappa shape index (κ2) is 6.41. The highest BCUT2D eigenvalue weighted by molar-refractivity contribution is 6.18. The standard InChI is InChI=1S/C11H19ClO2/c1-9(13)11(2-5-12)8-10-3-6-14-7-4-10/h10-11H,2-8H2,1H3. The van der Waals surface area contributed by atoms with Gasteiger partial charge >= 0.3 is 0 Å². The van der Waals surface area contributed by atoms with E-state index in [0.717, 1.165) is 38.9 Å². The summed E-state index contributed by atoms with van der Waals surface area (Å²) in [5.41, 5.74) is 0. The molecule has 3 heteroatoms. The summed E-state index contributed by atoms with van der Waals surface area (Å²) in [6.07, 6.45) is 4.04. The zero-order chi connectivity index (χ0) is 10.4. The van der Waals surface area contributed by atoms with Crippen LogP contribution < -0.4 is 0 Å². The van der Waals surface area contributed by atoms with E-state index in [0.29, 0.717) is 11.8 Å². The number of carbonyl (C=O) groups is 1. The van der Waals surface area contributed by atoms with Gasteiger partial charge in [-0.15, -0.1) is 11.6 Å². The Morgan fingerprint density at radius 2 is 2.14 bits per heavy atom. The average Bonchev–Trinajstić information content (AvgIpc) is 2.18. The first kappa shape index (κ1) is 12.0. The lowest BCUT2D eigenvalue weighted by molar-refractivity contribution is -0.121. The van der Waals surface area contributed by atoms with Crippen LogP contribution >= 0.6 is 11.6 Å². The smallest absolute Gasteiger partial charge is 0.132 e. The highest BCUT2D eigenvalue weighted by Gasteiger charge is 2.21. The van der Waals surface area contributed by atoms with E-state index in [1.165, 1.54) is 0 Å². The molecule has 0 N–H and O–H groups in total. The molecule has 82 valence electrons. The summed E-state index contributed by atoms with van der Waals surface area (Å²) in [5.74, 6) is 1.72. The van der Waals surface area contributed by atoms with E-state index < -0.39 is 0 Å². The Bertz CT molecular complexity index is 176. The molecule has 0 aromatic carbocycles. The Kier molecular flexibility index (Phi) is 5.49. The molecule has 1 fully saturated rings. The van der Waals surface area contributed by atoms with E-state index in [1.54, 1.807) is 6.92 Å². The Morgan fingerprint density at radius 1 is 1.50 bits per heavy atom. The predicted molar refractivity (Wildman–Crippen MR) is 57.7 cm³/mol. The minimum atomic E-state index is 0.176. The third kappa shape index (κ3) is 3.97. The van der Waals surface area contributed by atoms with Crippen molar-refractivity contribution in [2.45, 2.75) is 32.6 Å². The molecule has 0 bridgehead atoms. The van der Waals surface area contributed by atoms with E-state index in [-0.39, 0.29) is 11.7 Å². The average molecular weight is 219 g/mol. The van der Waals surface area contributed by atoms with Gasteiger partial charge in [-0.3, -0.25) is 4.79 Å². The number of Topliss-reactive ketones (excluding diaryl/α,β-unsaturated/α-hetero) is 1. The van der Waals surface area contributed by atoms with Gasteiger partial charge in [-0.05, 0) is 38.5 Å². The Morgan fingerprint density at radius 3 is 2.64 bits per heavy atom. The summed E-state index contributed by atoms with van der Waals surface area (Å²) in [6, 6.07) is 0. The van der Waals surface area contributed by atoms with Gasteiger partial charge in [-0.2, -0.15) is 0 Å². The molecule has 0 amide bonds. The van der Waals surface area contributed by atoms with Gasteiger partial charge < -0.3 is 4.74 Å². The lowest BCUT2D eigenvalue weighted by Gasteiger charge is -2.25. The molecular formula is C11H19ClO2. The van der Waals surface area contributed by atoms with E-state index in [2.05, 4.69) is 0 Å². The van der Waals surface area contributed by atoms with Crippen LogP contribution in [0.5, 0.6) is 0 Å². The van der Waals surface area contributed by atoms with Gasteiger partial charge in [0.15, 0.2) is 0 Å². The Hall–Kier alpha value is -0.0800. The molecule has 1 rings (SSSR count). The van der Waals surface area contributed by atoms with E-state index in [4.69, 9.17) is 16.3 Å². The molecular weight excluding hydrogens is 200 g/mol. The number of hydrogen-bond donors (Lipinski definition) is 0. The van der Waals surface area contributed by atoms with Gasteiger partial charge in [0.1, 0.15) is 5.78 Å². The SMILES string of the molecule is CC(=O)C(CCCl)CC1CCOCC1. The minimum absolute atomic E-state index is 0.176. The van der Waals surface area contributed by atoms with Gasteiger partial charge in [0.2, 0.25) is 0 Å². The van der Waals surface area contributed by atoms with Gasteiger partial charge in [-0.25, -0.2) is 0 Å². The summed E-state index contributed by atoms with van der Waals surface area (Å²) < 4.78 is 5.29. The topological polar surface area (TPSA) is 26.3 Å².